The lowest BCUT2D eigenvalue weighted by molar-refractivity contribution is -0.122. The van der Waals surface area contributed by atoms with Crippen LogP contribution in [0.3, 0.4) is 0 Å². The number of carbonyl (C=O) groups excluding carboxylic acids is 1. The molecule has 0 saturated carbocycles. The number of hydrogen-bond donors (Lipinski definition) is 1. The summed E-state index contributed by atoms with van der Waals surface area (Å²) in [5, 5.41) is 2.88. The van der Waals surface area contributed by atoms with E-state index in [4.69, 9.17) is 9.47 Å². The average Bonchev–Trinajstić information content (AvgIpc) is 2.74. The minimum Gasteiger partial charge on any atom is -0.494 e. The second-order valence-electron chi connectivity index (χ2n) is 6.98. The van der Waals surface area contributed by atoms with Gasteiger partial charge in [-0.15, -0.1) is 0 Å². The van der Waals surface area contributed by atoms with Crippen molar-refractivity contribution in [2.24, 2.45) is 0 Å². The number of anilines is 1. The minimum absolute atomic E-state index is 0.190. The predicted octanol–water partition coefficient (Wildman–Crippen LogP) is 5.41. The van der Waals surface area contributed by atoms with Crippen LogP contribution in [0.4, 0.5) is 5.69 Å². The summed E-state index contributed by atoms with van der Waals surface area (Å²) >= 11 is 0. The summed E-state index contributed by atoms with van der Waals surface area (Å²) in [4.78, 5) is 12.4. The van der Waals surface area contributed by atoms with Crippen LogP contribution in [0.1, 0.15) is 24.5 Å². The van der Waals surface area contributed by atoms with E-state index in [2.05, 4.69) is 29.6 Å². The number of aryl methyl sites for hydroxylation is 2. The fourth-order valence-corrected chi connectivity index (χ4v) is 2.92. The SMILES string of the molecule is Cc1ccccc1OC(C)C(=O)Nc1ccc(OCCCc2ccccc2)cc1. The number of para-hydroxylation sites is 1. The van der Waals surface area contributed by atoms with Crippen LogP contribution in [-0.2, 0) is 11.2 Å². The Balaban J connectivity index is 1.43. The number of benzene rings is 3. The molecule has 150 valence electrons. The number of rotatable bonds is 9. The summed E-state index contributed by atoms with van der Waals surface area (Å²) in [6, 6.07) is 25.4. The Morgan fingerprint density at radius 2 is 1.62 bits per heavy atom. The van der Waals surface area contributed by atoms with Gasteiger partial charge in [0.15, 0.2) is 6.10 Å². The molecule has 0 aliphatic carbocycles. The number of hydrogen-bond acceptors (Lipinski definition) is 3. The Bertz CT molecular complexity index is 907. The molecule has 0 saturated heterocycles. The van der Waals surface area contributed by atoms with Gasteiger partial charge in [-0.1, -0.05) is 48.5 Å². The fraction of sp³-hybridized carbons (Fsp3) is 0.240. The largest absolute Gasteiger partial charge is 0.494 e. The first-order chi connectivity index (χ1) is 14.1. The Hall–Kier alpha value is -3.27. The maximum Gasteiger partial charge on any atom is 0.265 e. The van der Waals surface area contributed by atoms with Crippen LogP contribution >= 0.6 is 0 Å². The molecule has 0 aliphatic rings. The molecule has 0 spiro atoms. The van der Waals surface area contributed by atoms with E-state index in [9.17, 15) is 4.79 Å². The highest BCUT2D eigenvalue weighted by Crippen LogP contribution is 2.19. The van der Waals surface area contributed by atoms with Crippen LogP contribution in [-0.4, -0.2) is 18.6 Å². The van der Waals surface area contributed by atoms with E-state index < -0.39 is 6.10 Å². The smallest absolute Gasteiger partial charge is 0.265 e. The summed E-state index contributed by atoms with van der Waals surface area (Å²) < 4.78 is 11.6. The molecule has 3 aromatic carbocycles. The number of ether oxygens (including phenoxy) is 2. The maximum atomic E-state index is 12.4. The van der Waals surface area contributed by atoms with Gasteiger partial charge in [0.2, 0.25) is 0 Å². The van der Waals surface area contributed by atoms with Gasteiger partial charge in [-0.3, -0.25) is 4.79 Å². The topological polar surface area (TPSA) is 47.6 Å². The van der Waals surface area contributed by atoms with Crippen molar-refractivity contribution in [2.75, 3.05) is 11.9 Å². The third kappa shape index (κ3) is 6.39. The predicted molar refractivity (Wildman–Crippen MR) is 117 cm³/mol. The van der Waals surface area contributed by atoms with Crippen LogP contribution in [0.25, 0.3) is 0 Å². The lowest BCUT2D eigenvalue weighted by Crippen LogP contribution is -2.30. The van der Waals surface area contributed by atoms with Crippen LogP contribution in [0.15, 0.2) is 78.9 Å². The van der Waals surface area contributed by atoms with Crippen molar-refractivity contribution in [1.29, 1.82) is 0 Å². The van der Waals surface area contributed by atoms with Crippen molar-refractivity contribution in [1.82, 2.24) is 0 Å². The van der Waals surface area contributed by atoms with Crippen LogP contribution in [0.5, 0.6) is 11.5 Å². The molecule has 0 heterocycles. The quantitative estimate of drug-likeness (QED) is 0.498. The standard InChI is InChI=1S/C25H27NO3/c1-19-9-6-7-13-24(19)29-20(2)25(27)26-22-14-16-23(17-15-22)28-18-8-12-21-10-4-3-5-11-21/h3-7,9-11,13-17,20H,8,12,18H2,1-2H3,(H,26,27). The molecular formula is C25H27NO3. The lowest BCUT2D eigenvalue weighted by atomic mass is 10.1. The summed E-state index contributed by atoms with van der Waals surface area (Å²) in [7, 11) is 0. The molecule has 0 aliphatic heterocycles. The highest BCUT2D eigenvalue weighted by Gasteiger charge is 2.15. The van der Waals surface area contributed by atoms with E-state index in [1.165, 1.54) is 5.56 Å². The van der Waals surface area contributed by atoms with E-state index in [0.717, 1.165) is 29.9 Å². The third-order valence-corrected chi connectivity index (χ3v) is 4.61. The molecule has 4 nitrogen and oxygen atoms in total. The molecule has 29 heavy (non-hydrogen) atoms. The molecule has 4 heteroatoms. The Kier molecular flexibility index (Phi) is 7.28. The fourth-order valence-electron chi connectivity index (χ4n) is 2.92. The van der Waals surface area contributed by atoms with Crippen molar-refractivity contribution < 1.29 is 14.3 Å². The Morgan fingerprint density at radius 1 is 0.931 bits per heavy atom. The average molecular weight is 389 g/mol. The molecule has 0 bridgehead atoms. The molecule has 0 fully saturated rings. The maximum absolute atomic E-state index is 12.4. The molecule has 0 radical (unpaired) electrons. The summed E-state index contributed by atoms with van der Waals surface area (Å²) in [5.41, 5.74) is 3.03. The van der Waals surface area contributed by atoms with E-state index >= 15 is 0 Å². The molecule has 1 unspecified atom stereocenters. The van der Waals surface area contributed by atoms with Gasteiger partial charge in [0, 0.05) is 5.69 Å². The molecule has 3 rings (SSSR count). The van der Waals surface area contributed by atoms with E-state index in [1.54, 1.807) is 6.92 Å². The zero-order valence-electron chi connectivity index (χ0n) is 16.9. The van der Waals surface area contributed by atoms with Gasteiger partial charge in [0.05, 0.1) is 6.61 Å². The summed E-state index contributed by atoms with van der Waals surface area (Å²) in [6.07, 6.45) is 1.36. The molecule has 1 atom stereocenters. The van der Waals surface area contributed by atoms with Gasteiger partial charge >= 0.3 is 0 Å². The zero-order valence-corrected chi connectivity index (χ0v) is 16.9. The van der Waals surface area contributed by atoms with Crippen molar-refractivity contribution in [3.05, 3.63) is 90.0 Å². The van der Waals surface area contributed by atoms with Gasteiger partial charge in [-0.25, -0.2) is 0 Å². The van der Waals surface area contributed by atoms with Crippen molar-refractivity contribution in [3.8, 4) is 11.5 Å². The molecule has 0 aromatic heterocycles. The number of carbonyl (C=O) groups is 1. The van der Waals surface area contributed by atoms with Gasteiger partial charge in [0.1, 0.15) is 11.5 Å². The van der Waals surface area contributed by atoms with Crippen LogP contribution in [0, 0.1) is 6.92 Å². The highest BCUT2D eigenvalue weighted by molar-refractivity contribution is 5.94. The summed E-state index contributed by atoms with van der Waals surface area (Å²) in [6.45, 7) is 4.35. The van der Waals surface area contributed by atoms with Crippen molar-refractivity contribution in [2.45, 2.75) is 32.8 Å². The lowest BCUT2D eigenvalue weighted by Gasteiger charge is -2.16. The Morgan fingerprint density at radius 3 is 2.34 bits per heavy atom. The van der Waals surface area contributed by atoms with Gasteiger partial charge in [0.25, 0.3) is 5.91 Å². The second-order valence-corrected chi connectivity index (χ2v) is 6.98. The summed E-state index contributed by atoms with van der Waals surface area (Å²) in [5.74, 6) is 1.32. The number of amides is 1. The zero-order chi connectivity index (χ0) is 20.5. The second kappa shape index (κ2) is 10.3. The first-order valence-corrected chi connectivity index (χ1v) is 9.92. The van der Waals surface area contributed by atoms with Gasteiger partial charge in [-0.05, 0) is 68.1 Å². The normalized spacial score (nSPS) is 11.5. The first-order valence-electron chi connectivity index (χ1n) is 9.92. The first kappa shape index (κ1) is 20.5. The van der Waals surface area contributed by atoms with Gasteiger partial charge < -0.3 is 14.8 Å². The Labute approximate surface area is 172 Å². The molecular weight excluding hydrogens is 362 g/mol. The highest BCUT2D eigenvalue weighted by atomic mass is 16.5. The third-order valence-electron chi connectivity index (χ3n) is 4.61. The van der Waals surface area contributed by atoms with Crippen molar-refractivity contribution in [3.63, 3.8) is 0 Å². The monoisotopic (exact) mass is 389 g/mol. The molecule has 1 amide bonds. The van der Waals surface area contributed by atoms with Crippen LogP contribution < -0.4 is 14.8 Å². The molecule has 1 N–H and O–H groups in total. The molecule has 3 aromatic rings. The van der Waals surface area contributed by atoms with E-state index in [1.807, 2.05) is 61.5 Å². The van der Waals surface area contributed by atoms with E-state index in [0.29, 0.717) is 12.3 Å². The van der Waals surface area contributed by atoms with Gasteiger partial charge in [-0.2, -0.15) is 0 Å². The number of nitrogens with one attached hydrogen (secondary N) is 1. The minimum atomic E-state index is -0.593. The van der Waals surface area contributed by atoms with Crippen LogP contribution in [0.2, 0.25) is 0 Å². The van der Waals surface area contributed by atoms with Crippen molar-refractivity contribution >= 4 is 11.6 Å². The van der Waals surface area contributed by atoms with E-state index in [-0.39, 0.29) is 5.91 Å².